The summed E-state index contributed by atoms with van der Waals surface area (Å²) in [6.07, 6.45) is -0.968. The molecule has 1 atom stereocenters. The average Bonchev–Trinajstić information content (AvgIpc) is 2.57. The van der Waals surface area contributed by atoms with E-state index in [9.17, 15) is 14.3 Å². The van der Waals surface area contributed by atoms with Crippen LogP contribution in [0.2, 0.25) is 0 Å². The molecule has 2 N–H and O–H groups in total. The summed E-state index contributed by atoms with van der Waals surface area (Å²) >= 11 is 0. The molecule has 0 fully saturated rings. The normalized spacial score (nSPS) is 12.0. The summed E-state index contributed by atoms with van der Waals surface area (Å²) in [6, 6.07) is 12.5. The molecule has 2 rings (SSSR count). The third kappa shape index (κ3) is 5.35. The Morgan fingerprint density at radius 2 is 1.96 bits per heavy atom. The summed E-state index contributed by atoms with van der Waals surface area (Å²) < 4.78 is 18.7. The summed E-state index contributed by atoms with van der Waals surface area (Å²) in [7, 11) is 0. The predicted octanol–water partition coefficient (Wildman–Crippen LogP) is 3.32. The fourth-order valence-electron chi connectivity index (χ4n) is 2.11. The van der Waals surface area contributed by atoms with Gasteiger partial charge >= 0.3 is 0 Å². The summed E-state index contributed by atoms with van der Waals surface area (Å²) in [5.41, 5.74) is 0.868. The van der Waals surface area contributed by atoms with E-state index >= 15 is 0 Å². The average molecular weight is 331 g/mol. The molecule has 0 spiro atoms. The molecule has 0 aliphatic heterocycles. The van der Waals surface area contributed by atoms with Gasteiger partial charge in [-0.25, -0.2) is 4.39 Å². The Balaban J connectivity index is 1.93. The molecule has 1 unspecified atom stereocenters. The van der Waals surface area contributed by atoms with Gasteiger partial charge in [0.25, 0.3) is 5.91 Å². The van der Waals surface area contributed by atoms with Crippen molar-refractivity contribution >= 4 is 5.91 Å². The Kier molecular flexibility index (Phi) is 6.32. The maximum atomic E-state index is 13.2. The summed E-state index contributed by atoms with van der Waals surface area (Å²) in [5, 5.41) is 12.7. The molecule has 0 bridgehead atoms. The molecular formula is C19H22FNO3. The Hall–Kier alpha value is -2.40. The number of rotatable bonds is 7. The van der Waals surface area contributed by atoms with Crippen LogP contribution < -0.4 is 10.1 Å². The summed E-state index contributed by atoms with van der Waals surface area (Å²) in [6.45, 7) is 4.66. The molecule has 2 aromatic carbocycles. The first-order valence-corrected chi connectivity index (χ1v) is 7.90. The molecule has 0 aliphatic carbocycles. The number of carbonyl (C=O) groups is 1. The Morgan fingerprint density at radius 3 is 2.67 bits per heavy atom. The van der Waals surface area contributed by atoms with Crippen molar-refractivity contribution in [2.24, 2.45) is 5.92 Å². The van der Waals surface area contributed by atoms with Gasteiger partial charge in [0.1, 0.15) is 11.6 Å². The van der Waals surface area contributed by atoms with E-state index in [0.29, 0.717) is 29.4 Å². The van der Waals surface area contributed by atoms with Crippen LogP contribution in [0.15, 0.2) is 48.5 Å². The van der Waals surface area contributed by atoms with Crippen LogP contribution in [-0.4, -0.2) is 24.2 Å². The Labute approximate surface area is 141 Å². The number of aliphatic hydroxyl groups is 1. The van der Waals surface area contributed by atoms with E-state index in [0.717, 1.165) is 0 Å². The molecule has 0 saturated heterocycles. The van der Waals surface area contributed by atoms with Crippen molar-refractivity contribution in [2.45, 2.75) is 20.0 Å². The van der Waals surface area contributed by atoms with Crippen LogP contribution in [0.25, 0.3) is 0 Å². The van der Waals surface area contributed by atoms with Crippen molar-refractivity contribution in [2.75, 3.05) is 13.2 Å². The van der Waals surface area contributed by atoms with E-state index in [1.165, 1.54) is 18.2 Å². The maximum absolute atomic E-state index is 13.2. The van der Waals surface area contributed by atoms with Crippen LogP contribution in [0.4, 0.5) is 4.39 Å². The number of nitrogens with one attached hydrogen (secondary N) is 1. The highest BCUT2D eigenvalue weighted by atomic mass is 19.1. The zero-order valence-corrected chi connectivity index (χ0v) is 13.8. The molecule has 4 nitrogen and oxygen atoms in total. The number of ether oxygens (including phenoxy) is 1. The van der Waals surface area contributed by atoms with Gasteiger partial charge in [0.2, 0.25) is 0 Å². The minimum absolute atomic E-state index is 0.000629. The molecular weight excluding hydrogens is 309 g/mol. The van der Waals surface area contributed by atoms with E-state index in [2.05, 4.69) is 5.32 Å². The van der Waals surface area contributed by atoms with E-state index in [1.54, 1.807) is 30.3 Å². The highest BCUT2D eigenvalue weighted by Crippen LogP contribution is 2.16. The van der Waals surface area contributed by atoms with E-state index in [4.69, 9.17) is 4.74 Å². The minimum atomic E-state index is -0.968. The lowest BCUT2D eigenvalue weighted by Gasteiger charge is -2.13. The zero-order valence-electron chi connectivity index (χ0n) is 13.8. The fraction of sp³-hybridized carbons (Fsp3) is 0.316. The molecule has 2 aromatic rings. The first-order valence-electron chi connectivity index (χ1n) is 7.90. The molecule has 1 amide bonds. The molecule has 0 saturated carbocycles. The van der Waals surface area contributed by atoms with Gasteiger partial charge in [0.05, 0.1) is 12.7 Å². The van der Waals surface area contributed by atoms with Gasteiger partial charge in [-0.05, 0) is 41.8 Å². The standard InChI is InChI=1S/C19H22FNO3/c1-13(2)12-24-17-8-4-6-15(10-17)19(23)21-11-18(22)14-5-3-7-16(20)9-14/h3-10,13,18,22H,11-12H2,1-2H3,(H,21,23). The lowest BCUT2D eigenvalue weighted by molar-refractivity contribution is 0.0915. The number of amides is 1. The van der Waals surface area contributed by atoms with Gasteiger partial charge in [-0.1, -0.05) is 32.0 Å². The van der Waals surface area contributed by atoms with Gasteiger partial charge in [0.15, 0.2) is 0 Å². The van der Waals surface area contributed by atoms with Crippen LogP contribution >= 0.6 is 0 Å². The number of hydrogen-bond donors (Lipinski definition) is 2. The third-order valence-electron chi connectivity index (χ3n) is 3.37. The predicted molar refractivity (Wildman–Crippen MR) is 90.5 cm³/mol. The quantitative estimate of drug-likeness (QED) is 0.818. The van der Waals surface area contributed by atoms with Crippen LogP contribution in [0.5, 0.6) is 5.75 Å². The summed E-state index contributed by atoms with van der Waals surface area (Å²) in [4.78, 5) is 12.2. The Morgan fingerprint density at radius 1 is 1.21 bits per heavy atom. The van der Waals surface area contributed by atoms with Gasteiger partial charge < -0.3 is 15.2 Å². The Bertz CT molecular complexity index is 688. The zero-order chi connectivity index (χ0) is 17.5. The highest BCUT2D eigenvalue weighted by molar-refractivity contribution is 5.94. The van der Waals surface area contributed by atoms with Crippen molar-refractivity contribution < 1.29 is 19.0 Å². The van der Waals surface area contributed by atoms with Crippen LogP contribution in [0, 0.1) is 11.7 Å². The monoisotopic (exact) mass is 331 g/mol. The molecule has 0 heterocycles. The van der Waals surface area contributed by atoms with Crippen molar-refractivity contribution in [3.05, 3.63) is 65.5 Å². The third-order valence-corrected chi connectivity index (χ3v) is 3.37. The lowest BCUT2D eigenvalue weighted by atomic mass is 10.1. The van der Waals surface area contributed by atoms with E-state index in [-0.39, 0.29) is 12.5 Å². The van der Waals surface area contributed by atoms with E-state index < -0.39 is 11.9 Å². The van der Waals surface area contributed by atoms with Crippen molar-refractivity contribution in [3.8, 4) is 5.75 Å². The SMILES string of the molecule is CC(C)COc1cccc(C(=O)NCC(O)c2cccc(F)c2)c1. The molecule has 128 valence electrons. The van der Waals surface area contributed by atoms with Crippen LogP contribution in [0.3, 0.4) is 0 Å². The summed E-state index contributed by atoms with van der Waals surface area (Å²) in [5.74, 6) is 0.277. The van der Waals surface area contributed by atoms with Crippen molar-refractivity contribution in [3.63, 3.8) is 0 Å². The first-order chi connectivity index (χ1) is 11.5. The smallest absolute Gasteiger partial charge is 0.251 e. The van der Waals surface area contributed by atoms with Gasteiger partial charge in [-0.15, -0.1) is 0 Å². The first kappa shape index (κ1) is 17.9. The van der Waals surface area contributed by atoms with Gasteiger partial charge in [-0.2, -0.15) is 0 Å². The fourth-order valence-corrected chi connectivity index (χ4v) is 2.11. The molecule has 0 aromatic heterocycles. The number of benzene rings is 2. The molecule has 0 radical (unpaired) electrons. The largest absolute Gasteiger partial charge is 0.493 e. The maximum Gasteiger partial charge on any atom is 0.251 e. The van der Waals surface area contributed by atoms with Gasteiger partial charge in [-0.3, -0.25) is 4.79 Å². The van der Waals surface area contributed by atoms with Crippen molar-refractivity contribution in [1.82, 2.24) is 5.32 Å². The lowest BCUT2D eigenvalue weighted by Crippen LogP contribution is -2.28. The second-order valence-corrected chi connectivity index (χ2v) is 6.01. The van der Waals surface area contributed by atoms with E-state index in [1.807, 2.05) is 13.8 Å². The van der Waals surface area contributed by atoms with Gasteiger partial charge in [0, 0.05) is 12.1 Å². The number of halogens is 1. The van der Waals surface area contributed by atoms with Crippen molar-refractivity contribution in [1.29, 1.82) is 0 Å². The second kappa shape index (κ2) is 8.45. The van der Waals surface area contributed by atoms with Crippen LogP contribution in [0.1, 0.15) is 35.9 Å². The second-order valence-electron chi connectivity index (χ2n) is 6.01. The highest BCUT2D eigenvalue weighted by Gasteiger charge is 2.12. The number of aliphatic hydroxyl groups excluding tert-OH is 1. The molecule has 24 heavy (non-hydrogen) atoms. The minimum Gasteiger partial charge on any atom is -0.493 e. The number of carbonyl (C=O) groups excluding carboxylic acids is 1. The topological polar surface area (TPSA) is 58.6 Å². The molecule has 5 heteroatoms. The van der Waals surface area contributed by atoms with Crippen LogP contribution in [-0.2, 0) is 0 Å². The molecule has 0 aliphatic rings. The number of hydrogen-bond acceptors (Lipinski definition) is 3.